The molecule has 0 spiro atoms. The molecule has 5 heteroatoms. The Morgan fingerprint density at radius 3 is 2.50 bits per heavy atom. The molecule has 1 atom stereocenters. The molecular formula is C9H14Cl2N2O. The Kier molecular flexibility index (Phi) is 2.45. The number of alkyl halides is 2. The minimum Gasteiger partial charge on any atom is -0.355 e. The van der Waals surface area contributed by atoms with Crippen LogP contribution < -0.4 is 10.6 Å². The van der Waals surface area contributed by atoms with Crippen LogP contribution in [0, 0.1) is 11.3 Å². The van der Waals surface area contributed by atoms with Crippen molar-refractivity contribution in [1.82, 2.24) is 10.6 Å². The Morgan fingerprint density at radius 2 is 2.14 bits per heavy atom. The zero-order valence-corrected chi connectivity index (χ0v) is 9.58. The maximum atomic E-state index is 11.7. The normalized spacial score (nSPS) is 34.8. The van der Waals surface area contributed by atoms with E-state index < -0.39 is 9.75 Å². The van der Waals surface area contributed by atoms with E-state index in [1.807, 2.05) is 0 Å². The average Bonchev–Trinajstić information content (AvgIpc) is 2.49. The summed E-state index contributed by atoms with van der Waals surface area (Å²) in [7, 11) is 0. The summed E-state index contributed by atoms with van der Waals surface area (Å²) in [6, 6.07) is 0. The molecule has 1 aliphatic heterocycles. The third-order valence-electron chi connectivity index (χ3n) is 3.18. The van der Waals surface area contributed by atoms with E-state index in [0.29, 0.717) is 12.3 Å². The molecule has 1 saturated heterocycles. The van der Waals surface area contributed by atoms with Crippen LogP contribution in [0.25, 0.3) is 0 Å². The SMILES string of the molecule is CC1(C(=O)NCC2CNC2)CC1(Cl)Cl. The van der Waals surface area contributed by atoms with Crippen LogP contribution in [0.5, 0.6) is 0 Å². The first-order chi connectivity index (χ1) is 6.46. The lowest BCUT2D eigenvalue weighted by atomic mass is 10.0. The van der Waals surface area contributed by atoms with Crippen LogP contribution >= 0.6 is 23.2 Å². The highest BCUT2D eigenvalue weighted by molar-refractivity contribution is 6.53. The van der Waals surface area contributed by atoms with Crippen LogP contribution in [0.2, 0.25) is 0 Å². The largest absolute Gasteiger partial charge is 0.355 e. The second kappa shape index (κ2) is 3.26. The molecule has 1 saturated carbocycles. The quantitative estimate of drug-likeness (QED) is 0.716. The smallest absolute Gasteiger partial charge is 0.229 e. The molecule has 0 bridgehead atoms. The van der Waals surface area contributed by atoms with Gasteiger partial charge < -0.3 is 10.6 Å². The summed E-state index contributed by atoms with van der Waals surface area (Å²) < 4.78 is -0.852. The van der Waals surface area contributed by atoms with E-state index in [-0.39, 0.29) is 5.91 Å². The van der Waals surface area contributed by atoms with Crippen molar-refractivity contribution in [2.45, 2.75) is 17.7 Å². The standard InChI is InChI=1S/C9H14Cl2N2O/c1-8(5-9(8,10)11)7(14)13-4-6-2-12-3-6/h6,12H,2-5H2,1H3,(H,13,14). The number of halogens is 2. The molecule has 2 aliphatic rings. The Morgan fingerprint density at radius 1 is 1.57 bits per heavy atom. The van der Waals surface area contributed by atoms with Gasteiger partial charge >= 0.3 is 0 Å². The van der Waals surface area contributed by atoms with Crippen molar-refractivity contribution in [3.63, 3.8) is 0 Å². The molecule has 0 aromatic heterocycles. The van der Waals surface area contributed by atoms with Gasteiger partial charge in [0.15, 0.2) is 0 Å². The van der Waals surface area contributed by atoms with Crippen LogP contribution in [0.3, 0.4) is 0 Å². The molecule has 3 nitrogen and oxygen atoms in total. The highest BCUT2D eigenvalue weighted by Crippen LogP contribution is 2.63. The van der Waals surface area contributed by atoms with Gasteiger partial charge in [0.25, 0.3) is 0 Å². The Labute approximate surface area is 93.5 Å². The fraction of sp³-hybridized carbons (Fsp3) is 0.889. The molecule has 1 heterocycles. The van der Waals surface area contributed by atoms with Crippen molar-refractivity contribution >= 4 is 29.1 Å². The summed E-state index contributed by atoms with van der Waals surface area (Å²) in [4.78, 5) is 11.7. The molecule has 1 unspecified atom stereocenters. The molecule has 14 heavy (non-hydrogen) atoms. The van der Waals surface area contributed by atoms with E-state index in [2.05, 4.69) is 10.6 Å². The van der Waals surface area contributed by atoms with Crippen molar-refractivity contribution in [3.05, 3.63) is 0 Å². The highest BCUT2D eigenvalue weighted by atomic mass is 35.5. The van der Waals surface area contributed by atoms with Crippen LogP contribution in [0.1, 0.15) is 13.3 Å². The van der Waals surface area contributed by atoms with Gasteiger partial charge in [0, 0.05) is 25.6 Å². The first-order valence-corrected chi connectivity index (χ1v) is 5.58. The van der Waals surface area contributed by atoms with E-state index >= 15 is 0 Å². The van der Waals surface area contributed by atoms with Gasteiger partial charge in [-0.15, -0.1) is 23.2 Å². The fourth-order valence-corrected chi connectivity index (χ4v) is 2.28. The average molecular weight is 237 g/mol. The van der Waals surface area contributed by atoms with Crippen LogP contribution in [-0.2, 0) is 4.79 Å². The van der Waals surface area contributed by atoms with Crippen molar-refractivity contribution in [1.29, 1.82) is 0 Å². The fourth-order valence-electron chi connectivity index (χ4n) is 1.57. The van der Waals surface area contributed by atoms with Crippen LogP contribution in [-0.4, -0.2) is 29.9 Å². The summed E-state index contributed by atoms with van der Waals surface area (Å²) in [6.45, 7) is 4.51. The van der Waals surface area contributed by atoms with Gasteiger partial charge in [0.05, 0.1) is 5.41 Å². The topological polar surface area (TPSA) is 41.1 Å². The van der Waals surface area contributed by atoms with E-state index in [0.717, 1.165) is 19.6 Å². The lowest BCUT2D eigenvalue weighted by molar-refractivity contribution is -0.126. The van der Waals surface area contributed by atoms with Crippen molar-refractivity contribution in [2.75, 3.05) is 19.6 Å². The van der Waals surface area contributed by atoms with Gasteiger partial charge in [-0.3, -0.25) is 4.79 Å². The second-order valence-electron chi connectivity index (χ2n) is 4.45. The predicted octanol–water partition coefficient (Wildman–Crippen LogP) is 0.906. The summed E-state index contributed by atoms with van der Waals surface area (Å²) in [5.41, 5.74) is -0.576. The maximum Gasteiger partial charge on any atom is 0.229 e. The van der Waals surface area contributed by atoms with Gasteiger partial charge in [0.1, 0.15) is 4.33 Å². The summed E-state index contributed by atoms with van der Waals surface area (Å²) in [5.74, 6) is 0.552. The van der Waals surface area contributed by atoms with Gasteiger partial charge in [0.2, 0.25) is 5.91 Å². The Hall–Kier alpha value is 0.01000. The molecule has 2 fully saturated rings. The van der Waals surface area contributed by atoms with Gasteiger partial charge in [-0.05, 0) is 13.3 Å². The monoisotopic (exact) mass is 236 g/mol. The Bertz CT molecular complexity index is 266. The maximum absolute atomic E-state index is 11.7. The third-order valence-corrected chi connectivity index (χ3v) is 4.28. The van der Waals surface area contributed by atoms with Gasteiger partial charge in [-0.1, -0.05) is 0 Å². The van der Waals surface area contributed by atoms with Crippen LogP contribution in [0.15, 0.2) is 0 Å². The molecule has 0 aromatic carbocycles. The third kappa shape index (κ3) is 1.62. The Balaban J connectivity index is 1.79. The number of hydrogen-bond donors (Lipinski definition) is 2. The number of hydrogen-bond acceptors (Lipinski definition) is 2. The van der Waals surface area contributed by atoms with Crippen LogP contribution in [0.4, 0.5) is 0 Å². The number of carbonyl (C=O) groups is 1. The predicted molar refractivity (Wildman–Crippen MR) is 56.5 cm³/mol. The molecular weight excluding hydrogens is 223 g/mol. The number of carbonyl (C=O) groups excluding carboxylic acids is 1. The number of amides is 1. The molecule has 0 aromatic rings. The summed E-state index contributed by atoms with van der Waals surface area (Å²) >= 11 is 11.8. The number of rotatable bonds is 3. The minimum absolute atomic E-state index is 0.0191. The van der Waals surface area contributed by atoms with E-state index in [1.165, 1.54) is 0 Å². The van der Waals surface area contributed by atoms with Crippen molar-refractivity contribution in [3.8, 4) is 0 Å². The number of nitrogens with one attached hydrogen (secondary N) is 2. The molecule has 2 rings (SSSR count). The van der Waals surface area contributed by atoms with E-state index in [1.54, 1.807) is 6.92 Å². The van der Waals surface area contributed by atoms with Gasteiger partial charge in [-0.25, -0.2) is 0 Å². The van der Waals surface area contributed by atoms with E-state index in [9.17, 15) is 4.79 Å². The van der Waals surface area contributed by atoms with Crippen molar-refractivity contribution < 1.29 is 4.79 Å². The first-order valence-electron chi connectivity index (χ1n) is 4.82. The van der Waals surface area contributed by atoms with Crippen molar-refractivity contribution in [2.24, 2.45) is 11.3 Å². The summed E-state index contributed by atoms with van der Waals surface area (Å²) in [5, 5.41) is 6.05. The van der Waals surface area contributed by atoms with E-state index in [4.69, 9.17) is 23.2 Å². The summed E-state index contributed by atoms with van der Waals surface area (Å²) in [6.07, 6.45) is 0.553. The molecule has 0 radical (unpaired) electrons. The molecule has 2 N–H and O–H groups in total. The highest BCUT2D eigenvalue weighted by Gasteiger charge is 2.67. The zero-order valence-electron chi connectivity index (χ0n) is 8.07. The lowest BCUT2D eigenvalue weighted by Gasteiger charge is -2.27. The van der Waals surface area contributed by atoms with Gasteiger partial charge in [-0.2, -0.15) is 0 Å². The first kappa shape index (κ1) is 10.5. The lowest BCUT2D eigenvalue weighted by Crippen LogP contribution is -2.49. The zero-order chi connectivity index (χ0) is 10.4. The molecule has 80 valence electrons. The second-order valence-corrected chi connectivity index (χ2v) is 5.93. The molecule has 1 amide bonds. The minimum atomic E-state index is -0.852. The molecule has 1 aliphatic carbocycles.